The highest BCUT2D eigenvalue weighted by Gasteiger charge is 2.49. The van der Waals surface area contributed by atoms with Gasteiger partial charge in [-0.1, -0.05) is 6.92 Å². The van der Waals surface area contributed by atoms with Gasteiger partial charge in [-0.25, -0.2) is 0 Å². The summed E-state index contributed by atoms with van der Waals surface area (Å²) in [5.41, 5.74) is 0. The quantitative estimate of drug-likeness (QED) is 0.493. The first-order valence-corrected chi connectivity index (χ1v) is 11.2. The highest BCUT2D eigenvalue weighted by molar-refractivity contribution is 7.55. The summed E-state index contributed by atoms with van der Waals surface area (Å²) in [6, 6.07) is 0. The zero-order chi connectivity index (χ0) is 13.7. The third-order valence-corrected chi connectivity index (χ3v) is 6.36. The highest BCUT2D eigenvalue weighted by atomic mass is 31.2. The number of hydrogen-bond donors (Lipinski definition) is 0. The van der Waals surface area contributed by atoms with Crippen molar-refractivity contribution >= 4 is 15.9 Å². The molecule has 1 unspecified atom stereocenters. The highest BCUT2D eigenvalue weighted by Crippen LogP contribution is 2.62. The molecule has 0 fully saturated rings. The fourth-order valence-electron chi connectivity index (χ4n) is 1.63. The summed E-state index contributed by atoms with van der Waals surface area (Å²) in [7, 11) is -5.04. The van der Waals surface area contributed by atoms with Crippen molar-refractivity contribution in [3.05, 3.63) is 0 Å². The fourth-order valence-corrected chi connectivity index (χ4v) is 6.05. The second-order valence-electron chi connectivity index (χ2n) is 5.08. The molecule has 4 nitrogen and oxygen atoms in total. The van der Waals surface area contributed by atoms with Crippen molar-refractivity contribution in [2.75, 3.05) is 13.2 Å². The lowest BCUT2D eigenvalue weighted by Gasteiger charge is -2.39. The van der Waals surface area contributed by atoms with Crippen molar-refractivity contribution in [3.8, 4) is 0 Å². The molecule has 0 rings (SSSR count). The summed E-state index contributed by atoms with van der Waals surface area (Å²) >= 11 is 0. The van der Waals surface area contributed by atoms with E-state index in [1.807, 2.05) is 27.7 Å². The molecule has 0 aliphatic rings. The molecule has 0 saturated carbocycles. The lowest BCUT2D eigenvalue weighted by Crippen LogP contribution is -2.41. The summed E-state index contributed by atoms with van der Waals surface area (Å²) in [6.07, 6.45) is 0.606. The van der Waals surface area contributed by atoms with Gasteiger partial charge >= 0.3 is 7.60 Å². The fraction of sp³-hybridized carbons (Fsp3) is 1.00. The Bertz CT molecular complexity index is 267. The Morgan fingerprint density at radius 3 is 1.71 bits per heavy atom. The van der Waals surface area contributed by atoms with E-state index in [2.05, 4.69) is 19.6 Å². The zero-order valence-corrected chi connectivity index (χ0v) is 14.1. The largest absolute Gasteiger partial charge is 0.402 e. The molecule has 0 N–H and O–H groups in total. The van der Waals surface area contributed by atoms with Gasteiger partial charge in [0, 0.05) is 0 Å². The first-order chi connectivity index (χ1) is 7.64. The molecule has 104 valence electrons. The Morgan fingerprint density at radius 2 is 1.47 bits per heavy atom. The molecule has 17 heavy (non-hydrogen) atoms. The molecular formula is C11H27O4PSi. The topological polar surface area (TPSA) is 44.8 Å². The van der Waals surface area contributed by atoms with Crippen molar-refractivity contribution in [3.63, 3.8) is 0 Å². The Labute approximate surface area is 107 Å². The summed E-state index contributed by atoms with van der Waals surface area (Å²) < 4.78 is 29.7. The average molecular weight is 282 g/mol. The molecule has 0 aromatic heterocycles. The van der Waals surface area contributed by atoms with E-state index in [-0.39, 0.29) is 0 Å². The second-order valence-corrected chi connectivity index (χ2v) is 12.0. The van der Waals surface area contributed by atoms with Crippen LogP contribution in [0.4, 0.5) is 0 Å². The monoisotopic (exact) mass is 282 g/mol. The molecule has 0 radical (unpaired) electrons. The first kappa shape index (κ1) is 17.3. The van der Waals surface area contributed by atoms with Crippen LogP contribution in [0.2, 0.25) is 19.6 Å². The minimum atomic E-state index is -3.23. The van der Waals surface area contributed by atoms with Gasteiger partial charge in [-0.05, 0) is 46.8 Å². The Balaban J connectivity index is 5.20. The van der Waals surface area contributed by atoms with E-state index in [1.54, 1.807) is 0 Å². The van der Waals surface area contributed by atoms with Gasteiger partial charge in [0.2, 0.25) is 0 Å². The van der Waals surface area contributed by atoms with Crippen LogP contribution in [0.5, 0.6) is 0 Å². The van der Waals surface area contributed by atoms with Gasteiger partial charge in [0.25, 0.3) is 0 Å². The molecule has 6 heteroatoms. The van der Waals surface area contributed by atoms with Crippen LogP contribution in [0.25, 0.3) is 0 Å². The predicted octanol–water partition coefficient (Wildman–Crippen LogP) is 4.23. The average Bonchev–Trinajstić information content (AvgIpc) is 2.15. The van der Waals surface area contributed by atoms with E-state index < -0.39 is 21.3 Å². The van der Waals surface area contributed by atoms with Gasteiger partial charge < -0.3 is 13.5 Å². The van der Waals surface area contributed by atoms with Crippen LogP contribution in [0.3, 0.4) is 0 Å². The normalized spacial score (nSPS) is 16.9. The third kappa shape index (κ3) is 4.84. The maximum atomic E-state index is 12.8. The van der Waals surface area contributed by atoms with Crippen LogP contribution in [0.15, 0.2) is 0 Å². The summed E-state index contributed by atoms with van der Waals surface area (Å²) in [4.78, 5) is 0. The third-order valence-electron chi connectivity index (χ3n) is 2.36. The van der Waals surface area contributed by atoms with Gasteiger partial charge in [0.15, 0.2) is 13.7 Å². The standard InChI is InChI=1S/C11H27O4PSi/c1-8-11(4,15-17(5,6)7)16(12,13-9-2)14-10-3/h8-10H2,1-7H3. The molecule has 0 amide bonds. The lowest BCUT2D eigenvalue weighted by atomic mass is 10.3. The van der Waals surface area contributed by atoms with E-state index in [0.29, 0.717) is 19.6 Å². The molecule has 0 heterocycles. The minimum Gasteiger partial charge on any atom is -0.402 e. The maximum Gasteiger partial charge on any atom is 0.360 e. The van der Waals surface area contributed by atoms with Crippen LogP contribution in [0.1, 0.15) is 34.1 Å². The van der Waals surface area contributed by atoms with Gasteiger partial charge in [-0.3, -0.25) is 4.57 Å². The molecule has 0 spiro atoms. The van der Waals surface area contributed by atoms with Crippen molar-refractivity contribution in [1.29, 1.82) is 0 Å². The summed E-state index contributed by atoms with van der Waals surface area (Å²) in [6.45, 7) is 14.4. The minimum absolute atomic E-state index is 0.363. The first-order valence-electron chi connectivity index (χ1n) is 6.23. The van der Waals surface area contributed by atoms with E-state index in [1.165, 1.54) is 0 Å². The lowest BCUT2D eigenvalue weighted by molar-refractivity contribution is 0.0925. The van der Waals surface area contributed by atoms with Crippen molar-refractivity contribution in [2.24, 2.45) is 0 Å². The smallest absolute Gasteiger partial charge is 0.360 e. The summed E-state index contributed by atoms with van der Waals surface area (Å²) in [5.74, 6) is 0. The van der Waals surface area contributed by atoms with Crippen LogP contribution >= 0.6 is 7.60 Å². The molecule has 0 saturated heterocycles. The molecule has 0 aliphatic carbocycles. The summed E-state index contributed by atoms with van der Waals surface area (Å²) in [5, 5.41) is -0.844. The van der Waals surface area contributed by atoms with E-state index >= 15 is 0 Å². The van der Waals surface area contributed by atoms with E-state index in [9.17, 15) is 4.57 Å². The van der Waals surface area contributed by atoms with E-state index in [0.717, 1.165) is 0 Å². The molecule has 0 aliphatic heterocycles. The Hall–Kier alpha value is 0.327. The maximum absolute atomic E-state index is 12.8. The molecule has 0 aromatic rings. The van der Waals surface area contributed by atoms with Gasteiger partial charge in [-0.2, -0.15) is 0 Å². The van der Waals surface area contributed by atoms with Crippen LogP contribution in [-0.4, -0.2) is 26.9 Å². The van der Waals surface area contributed by atoms with Crippen molar-refractivity contribution < 1.29 is 18.0 Å². The van der Waals surface area contributed by atoms with Crippen LogP contribution in [-0.2, 0) is 18.0 Å². The molecule has 1 atom stereocenters. The SMILES string of the molecule is CCOP(=O)(OCC)C(C)(CC)O[Si](C)(C)C. The Kier molecular flexibility index (Phi) is 6.61. The van der Waals surface area contributed by atoms with Crippen molar-refractivity contribution in [2.45, 2.75) is 59.1 Å². The molecular weight excluding hydrogens is 255 g/mol. The Morgan fingerprint density at radius 1 is 1.06 bits per heavy atom. The van der Waals surface area contributed by atoms with Crippen LogP contribution < -0.4 is 0 Å². The van der Waals surface area contributed by atoms with Crippen molar-refractivity contribution in [1.82, 2.24) is 0 Å². The van der Waals surface area contributed by atoms with Gasteiger partial charge in [0.05, 0.1) is 13.2 Å². The number of rotatable bonds is 8. The van der Waals surface area contributed by atoms with Gasteiger partial charge in [0.1, 0.15) is 0 Å². The molecule has 0 aromatic carbocycles. The molecule has 0 bridgehead atoms. The second kappa shape index (κ2) is 6.48. The van der Waals surface area contributed by atoms with Crippen LogP contribution in [0, 0.1) is 0 Å². The number of hydrogen-bond acceptors (Lipinski definition) is 4. The zero-order valence-electron chi connectivity index (χ0n) is 12.2. The van der Waals surface area contributed by atoms with Gasteiger partial charge in [-0.15, -0.1) is 0 Å². The van der Waals surface area contributed by atoms with E-state index in [4.69, 9.17) is 13.5 Å². The predicted molar refractivity (Wildman–Crippen MR) is 74.0 cm³/mol.